The summed E-state index contributed by atoms with van der Waals surface area (Å²) in [5.41, 5.74) is 1.65. The van der Waals surface area contributed by atoms with Gasteiger partial charge in [-0.15, -0.1) is 0 Å². The number of imidazole rings is 1. The molecule has 1 fully saturated rings. The fraction of sp³-hybridized carbons (Fsp3) is 0.364. The van der Waals surface area contributed by atoms with Crippen LogP contribution in [0.25, 0.3) is 11.0 Å². The summed E-state index contributed by atoms with van der Waals surface area (Å²) in [6.45, 7) is 0. The van der Waals surface area contributed by atoms with Crippen LogP contribution in [-0.2, 0) is 0 Å². The van der Waals surface area contributed by atoms with Crippen molar-refractivity contribution in [3.63, 3.8) is 0 Å². The van der Waals surface area contributed by atoms with E-state index in [1.807, 2.05) is 4.57 Å². The van der Waals surface area contributed by atoms with E-state index >= 15 is 0 Å². The van der Waals surface area contributed by atoms with Gasteiger partial charge in [0.25, 0.3) is 0 Å². The highest BCUT2D eigenvalue weighted by Gasteiger charge is 2.26. The van der Waals surface area contributed by atoms with Gasteiger partial charge in [-0.05, 0) is 25.1 Å². The molecule has 0 bridgehead atoms. The van der Waals surface area contributed by atoms with E-state index in [0.717, 1.165) is 23.9 Å². The van der Waals surface area contributed by atoms with Gasteiger partial charge in [0.15, 0.2) is 16.3 Å². The number of nitrogens with zero attached hydrogens (tertiary/aromatic N) is 1. The van der Waals surface area contributed by atoms with Gasteiger partial charge < -0.3 is 14.3 Å². The minimum absolute atomic E-state index is 0.260. The van der Waals surface area contributed by atoms with Gasteiger partial charge in [-0.3, -0.25) is 0 Å². The summed E-state index contributed by atoms with van der Waals surface area (Å²) in [6, 6.07) is 3.61. The molecule has 84 valence electrons. The zero-order valence-corrected chi connectivity index (χ0v) is 9.60. The number of halogens is 1. The van der Waals surface area contributed by atoms with Crippen LogP contribution in [0.2, 0.25) is 0 Å². The van der Waals surface area contributed by atoms with Gasteiger partial charge in [-0.2, -0.15) is 0 Å². The first-order chi connectivity index (χ1) is 7.70. The van der Waals surface area contributed by atoms with Gasteiger partial charge in [0.1, 0.15) is 0 Å². The van der Waals surface area contributed by atoms with Gasteiger partial charge >= 0.3 is 0 Å². The zero-order valence-electron chi connectivity index (χ0n) is 8.79. The van der Waals surface area contributed by atoms with E-state index < -0.39 is 0 Å². The van der Waals surface area contributed by atoms with Crippen LogP contribution in [0.3, 0.4) is 0 Å². The van der Waals surface area contributed by atoms with Gasteiger partial charge in [-0.1, -0.05) is 0 Å². The normalized spacial score (nSPS) is 15.6. The molecule has 0 amide bonds. The number of hydrogen-bond acceptors (Lipinski definition) is 2. The monoisotopic (exact) mass is 238 g/mol. The van der Waals surface area contributed by atoms with Crippen molar-refractivity contribution in [3.8, 4) is 5.75 Å². The maximum absolute atomic E-state index is 13.5. The van der Waals surface area contributed by atoms with E-state index in [0.29, 0.717) is 10.8 Å². The standard InChI is InChI=1S/C11H11FN2OS/c1-15-10-5-9-8(4-7(10)12)13-11(16)14(9)6-2-3-6/h4-6H,2-3H2,1H3,(H,13,16). The van der Waals surface area contributed by atoms with Gasteiger partial charge in [-0.25, -0.2) is 4.39 Å². The van der Waals surface area contributed by atoms with Crippen LogP contribution in [0.1, 0.15) is 18.9 Å². The highest BCUT2D eigenvalue weighted by molar-refractivity contribution is 7.71. The number of ether oxygens (including phenoxy) is 1. The first-order valence-corrected chi connectivity index (χ1v) is 5.59. The Bertz CT molecular complexity index is 612. The molecular weight excluding hydrogens is 227 g/mol. The second kappa shape index (κ2) is 3.31. The quantitative estimate of drug-likeness (QED) is 0.814. The van der Waals surface area contributed by atoms with Crippen molar-refractivity contribution < 1.29 is 9.13 Å². The molecule has 1 aliphatic rings. The molecule has 1 aromatic carbocycles. The number of hydrogen-bond donors (Lipinski definition) is 1. The lowest BCUT2D eigenvalue weighted by Crippen LogP contribution is -1.94. The van der Waals surface area contributed by atoms with E-state index in [1.54, 1.807) is 6.07 Å². The van der Waals surface area contributed by atoms with Crippen molar-refractivity contribution >= 4 is 23.3 Å². The smallest absolute Gasteiger partial charge is 0.178 e. The molecule has 16 heavy (non-hydrogen) atoms. The number of nitrogens with one attached hydrogen (secondary N) is 1. The summed E-state index contributed by atoms with van der Waals surface area (Å²) >= 11 is 5.24. The van der Waals surface area contributed by atoms with Crippen LogP contribution >= 0.6 is 12.2 Å². The Kier molecular flexibility index (Phi) is 2.04. The average molecular weight is 238 g/mol. The van der Waals surface area contributed by atoms with Crippen molar-refractivity contribution in [1.82, 2.24) is 9.55 Å². The van der Waals surface area contributed by atoms with Gasteiger partial charge in [0.2, 0.25) is 0 Å². The summed E-state index contributed by atoms with van der Waals surface area (Å²) in [6.07, 6.45) is 2.28. The second-order valence-corrected chi connectivity index (χ2v) is 4.42. The summed E-state index contributed by atoms with van der Waals surface area (Å²) in [4.78, 5) is 3.02. The Balaban J connectivity index is 2.33. The molecule has 1 aliphatic carbocycles. The molecule has 2 aromatic rings. The number of methoxy groups -OCH3 is 1. The number of rotatable bonds is 2. The fourth-order valence-electron chi connectivity index (χ4n) is 1.98. The summed E-state index contributed by atoms with van der Waals surface area (Å²) in [7, 11) is 1.47. The van der Waals surface area contributed by atoms with E-state index in [4.69, 9.17) is 17.0 Å². The predicted molar refractivity (Wildman–Crippen MR) is 61.9 cm³/mol. The molecule has 0 aliphatic heterocycles. The highest BCUT2D eigenvalue weighted by atomic mass is 32.1. The van der Waals surface area contributed by atoms with E-state index in [1.165, 1.54) is 13.2 Å². The third kappa shape index (κ3) is 1.35. The molecule has 3 nitrogen and oxygen atoms in total. The largest absolute Gasteiger partial charge is 0.494 e. The van der Waals surface area contributed by atoms with Crippen LogP contribution in [0.15, 0.2) is 12.1 Å². The third-order valence-corrected chi connectivity index (χ3v) is 3.20. The number of aromatic nitrogens is 2. The molecular formula is C11H11FN2OS. The number of benzene rings is 1. The maximum Gasteiger partial charge on any atom is 0.178 e. The summed E-state index contributed by atoms with van der Waals surface area (Å²) in [5.74, 6) is -0.106. The third-order valence-electron chi connectivity index (χ3n) is 2.90. The van der Waals surface area contributed by atoms with Crippen molar-refractivity contribution in [2.24, 2.45) is 0 Å². The Hall–Kier alpha value is -1.36. The lowest BCUT2D eigenvalue weighted by atomic mass is 10.3. The number of H-pyrrole nitrogens is 1. The van der Waals surface area contributed by atoms with E-state index in [2.05, 4.69) is 4.98 Å². The zero-order chi connectivity index (χ0) is 11.3. The molecule has 3 rings (SSSR count). The van der Waals surface area contributed by atoms with Crippen LogP contribution < -0.4 is 4.74 Å². The first kappa shape index (κ1) is 9.84. The lowest BCUT2D eigenvalue weighted by molar-refractivity contribution is 0.387. The maximum atomic E-state index is 13.5. The van der Waals surface area contributed by atoms with Crippen molar-refractivity contribution in [2.45, 2.75) is 18.9 Å². The molecule has 1 N–H and O–H groups in total. The number of aromatic amines is 1. The van der Waals surface area contributed by atoms with Gasteiger partial charge in [0.05, 0.1) is 18.1 Å². The Morgan fingerprint density at radius 1 is 1.50 bits per heavy atom. The highest BCUT2D eigenvalue weighted by Crippen LogP contribution is 2.38. The molecule has 0 saturated heterocycles. The molecule has 0 atom stereocenters. The van der Waals surface area contributed by atoms with Gasteiger partial charge in [0, 0.05) is 18.2 Å². The fourth-order valence-corrected chi connectivity index (χ4v) is 2.34. The molecule has 5 heteroatoms. The van der Waals surface area contributed by atoms with Crippen LogP contribution in [0, 0.1) is 10.6 Å². The van der Waals surface area contributed by atoms with Crippen LogP contribution in [0.4, 0.5) is 4.39 Å². The molecule has 1 aromatic heterocycles. The van der Waals surface area contributed by atoms with Crippen LogP contribution in [-0.4, -0.2) is 16.7 Å². The topological polar surface area (TPSA) is 29.9 Å². The molecule has 1 saturated carbocycles. The average Bonchev–Trinajstić information content (AvgIpc) is 3.01. The lowest BCUT2D eigenvalue weighted by Gasteiger charge is -2.04. The summed E-state index contributed by atoms with van der Waals surface area (Å²) in [5, 5.41) is 0. The molecule has 0 radical (unpaired) electrons. The molecule has 1 heterocycles. The predicted octanol–water partition coefficient (Wildman–Crippen LogP) is 3.18. The SMILES string of the molecule is COc1cc2c(cc1F)[nH]c(=S)n2C1CC1. The van der Waals surface area contributed by atoms with Crippen LogP contribution in [0.5, 0.6) is 5.75 Å². The molecule has 0 spiro atoms. The Morgan fingerprint density at radius 3 is 2.88 bits per heavy atom. The Morgan fingerprint density at radius 2 is 2.25 bits per heavy atom. The van der Waals surface area contributed by atoms with E-state index in [9.17, 15) is 4.39 Å². The first-order valence-electron chi connectivity index (χ1n) is 5.18. The van der Waals surface area contributed by atoms with Crippen molar-refractivity contribution in [3.05, 3.63) is 22.7 Å². The van der Waals surface area contributed by atoms with E-state index in [-0.39, 0.29) is 11.6 Å². The molecule has 0 unspecified atom stereocenters. The summed E-state index contributed by atoms with van der Waals surface area (Å²) < 4.78 is 21.2. The minimum Gasteiger partial charge on any atom is -0.494 e. The second-order valence-electron chi connectivity index (χ2n) is 4.04. The Labute approximate surface area is 96.8 Å². The number of fused-ring (bicyclic) bond motifs is 1. The minimum atomic E-state index is -0.366. The van der Waals surface area contributed by atoms with Crippen molar-refractivity contribution in [2.75, 3.05) is 7.11 Å². The van der Waals surface area contributed by atoms with Crippen molar-refractivity contribution in [1.29, 1.82) is 0 Å².